The van der Waals surface area contributed by atoms with Crippen LogP contribution in [-0.4, -0.2) is 22.3 Å². The largest absolute Gasteiger partial charge is 0.488 e. The van der Waals surface area contributed by atoms with E-state index in [0.717, 1.165) is 21.8 Å². The predicted octanol–water partition coefficient (Wildman–Crippen LogP) is 5.25. The fourth-order valence-corrected chi connectivity index (χ4v) is 2.91. The molecule has 0 aliphatic rings. The van der Waals surface area contributed by atoms with Crippen LogP contribution in [-0.2, 0) is 6.61 Å². The molecule has 0 bridgehead atoms. The van der Waals surface area contributed by atoms with E-state index >= 15 is 0 Å². The van der Waals surface area contributed by atoms with Gasteiger partial charge in [0.15, 0.2) is 0 Å². The molecule has 0 atom stereocenters. The highest BCUT2D eigenvalue weighted by atomic mass is 32.2. The van der Waals surface area contributed by atoms with Crippen LogP contribution in [0.2, 0.25) is 0 Å². The van der Waals surface area contributed by atoms with E-state index in [-0.39, 0.29) is 5.56 Å². The molecule has 1 aromatic heterocycles. The van der Waals surface area contributed by atoms with Crippen molar-refractivity contribution in [1.82, 2.24) is 4.98 Å². The van der Waals surface area contributed by atoms with Crippen molar-refractivity contribution in [3.05, 3.63) is 89.2 Å². The zero-order valence-corrected chi connectivity index (χ0v) is 15.6. The zero-order chi connectivity index (χ0) is 19.1. The van der Waals surface area contributed by atoms with Crippen molar-refractivity contribution < 1.29 is 14.6 Å². The molecule has 3 aromatic rings. The van der Waals surface area contributed by atoms with E-state index in [1.54, 1.807) is 23.9 Å². The van der Waals surface area contributed by atoms with Gasteiger partial charge in [0.2, 0.25) is 0 Å². The molecular formula is C22H19NO3S. The quantitative estimate of drug-likeness (QED) is 0.570. The lowest BCUT2D eigenvalue weighted by Gasteiger charge is -2.11. The molecule has 0 aliphatic carbocycles. The number of ether oxygens (including phenoxy) is 1. The summed E-state index contributed by atoms with van der Waals surface area (Å²) in [6.45, 7) is 0.492. The topological polar surface area (TPSA) is 59.4 Å². The summed E-state index contributed by atoms with van der Waals surface area (Å²) >= 11 is 1.66. The van der Waals surface area contributed by atoms with E-state index in [2.05, 4.69) is 11.1 Å². The Kier molecular flexibility index (Phi) is 6.28. The number of thioether (sulfide) groups is 1. The van der Waals surface area contributed by atoms with Crippen LogP contribution < -0.4 is 4.74 Å². The van der Waals surface area contributed by atoms with Gasteiger partial charge in [-0.15, -0.1) is 11.8 Å². The predicted molar refractivity (Wildman–Crippen MR) is 109 cm³/mol. The first-order valence-corrected chi connectivity index (χ1v) is 9.60. The number of carboxylic acid groups (broad SMARTS) is 1. The van der Waals surface area contributed by atoms with Crippen LogP contribution in [0.4, 0.5) is 0 Å². The highest BCUT2D eigenvalue weighted by Gasteiger charge is 2.05. The summed E-state index contributed by atoms with van der Waals surface area (Å²) in [6.07, 6.45) is 7.16. The lowest BCUT2D eigenvalue weighted by atomic mass is 10.1. The van der Waals surface area contributed by atoms with E-state index < -0.39 is 5.97 Å². The molecule has 0 saturated heterocycles. The first kappa shape index (κ1) is 18.7. The molecule has 5 heteroatoms. The third kappa shape index (κ3) is 5.21. The van der Waals surface area contributed by atoms with Gasteiger partial charge in [0.1, 0.15) is 12.4 Å². The summed E-state index contributed by atoms with van der Waals surface area (Å²) in [5.41, 5.74) is 2.90. The van der Waals surface area contributed by atoms with Crippen molar-refractivity contribution in [3.63, 3.8) is 0 Å². The van der Waals surface area contributed by atoms with E-state index in [1.807, 2.05) is 60.9 Å². The number of carbonyl (C=O) groups is 1. The summed E-state index contributed by atoms with van der Waals surface area (Å²) in [4.78, 5) is 16.2. The molecule has 4 nitrogen and oxygen atoms in total. The Bertz CT molecular complexity index is 938. The molecule has 2 aromatic carbocycles. The lowest BCUT2D eigenvalue weighted by Crippen LogP contribution is -1.97. The molecule has 3 rings (SSSR count). The van der Waals surface area contributed by atoms with Crippen molar-refractivity contribution >= 4 is 29.9 Å². The monoisotopic (exact) mass is 377 g/mol. The highest BCUT2D eigenvalue weighted by Crippen LogP contribution is 2.27. The third-order valence-corrected chi connectivity index (χ3v) is 4.65. The number of aromatic nitrogens is 1. The van der Waals surface area contributed by atoms with E-state index in [4.69, 9.17) is 9.84 Å². The summed E-state index contributed by atoms with van der Waals surface area (Å²) in [6, 6.07) is 19.3. The first-order chi connectivity index (χ1) is 13.2. The van der Waals surface area contributed by atoms with Gasteiger partial charge in [0.05, 0.1) is 11.3 Å². The molecule has 0 fully saturated rings. The average Bonchev–Trinajstić information content (AvgIpc) is 2.72. The van der Waals surface area contributed by atoms with Gasteiger partial charge >= 0.3 is 5.97 Å². The summed E-state index contributed by atoms with van der Waals surface area (Å²) in [5.74, 6) is -0.197. The second kappa shape index (κ2) is 9.05. The maximum atomic E-state index is 10.9. The minimum atomic E-state index is -0.984. The van der Waals surface area contributed by atoms with Crippen molar-refractivity contribution in [3.8, 4) is 5.75 Å². The minimum Gasteiger partial charge on any atom is -0.488 e. The Balaban J connectivity index is 1.80. The van der Waals surface area contributed by atoms with Gasteiger partial charge in [0.25, 0.3) is 0 Å². The SMILES string of the molecule is CSc1ccc(OCc2ccccc2)c(C=Cc2ccc(C(=O)O)cn2)c1. The van der Waals surface area contributed by atoms with Gasteiger partial charge in [-0.05, 0) is 54.3 Å². The van der Waals surface area contributed by atoms with Crippen LogP contribution in [0.3, 0.4) is 0 Å². The Morgan fingerprint density at radius 1 is 1.11 bits per heavy atom. The lowest BCUT2D eigenvalue weighted by molar-refractivity contribution is 0.0696. The molecule has 27 heavy (non-hydrogen) atoms. The van der Waals surface area contributed by atoms with Gasteiger partial charge in [-0.25, -0.2) is 4.79 Å². The number of aromatic carboxylic acids is 1. The molecule has 136 valence electrons. The molecule has 1 N–H and O–H groups in total. The number of nitrogens with zero attached hydrogens (tertiary/aromatic N) is 1. The van der Waals surface area contributed by atoms with E-state index in [9.17, 15) is 4.79 Å². The Labute approximate surface area is 162 Å². The second-order valence-corrected chi connectivity index (χ2v) is 6.67. The number of carboxylic acids is 1. The maximum absolute atomic E-state index is 10.9. The molecule has 0 aliphatic heterocycles. The molecule has 0 amide bonds. The number of pyridine rings is 1. The minimum absolute atomic E-state index is 0.170. The summed E-state index contributed by atoms with van der Waals surface area (Å²) in [5, 5.41) is 8.95. The van der Waals surface area contributed by atoms with Crippen LogP contribution >= 0.6 is 11.8 Å². The molecule has 0 unspecified atom stereocenters. The number of hydrogen-bond donors (Lipinski definition) is 1. The first-order valence-electron chi connectivity index (χ1n) is 8.38. The van der Waals surface area contributed by atoms with Crippen molar-refractivity contribution in [2.45, 2.75) is 11.5 Å². The fraction of sp³-hybridized carbons (Fsp3) is 0.0909. The van der Waals surface area contributed by atoms with E-state index in [0.29, 0.717) is 12.3 Å². The van der Waals surface area contributed by atoms with Gasteiger partial charge in [-0.1, -0.05) is 30.3 Å². The van der Waals surface area contributed by atoms with Gasteiger partial charge in [-0.3, -0.25) is 4.98 Å². The van der Waals surface area contributed by atoms with Crippen LogP contribution in [0.5, 0.6) is 5.75 Å². The molecular weight excluding hydrogens is 358 g/mol. The number of benzene rings is 2. The second-order valence-electron chi connectivity index (χ2n) is 5.79. The summed E-state index contributed by atoms with van der Waals surface area (Å²) in [7, 11) is 0. The summed E-state index contributed by atoms with van der Waals surface area (Å²) < 4.78 is 6.00. The normalized spacial score (nSPS) is 10.9. The van der Waals surface area contributed by atoms with Crippen LogP contribution in [0.15, 0.2) is 71.8 Å². The Hall–Kier alpha value is -3.05. The Morgan fingerprint density at radius 2 is 1.93 bits per heavy atom. The van der Waals surface area contributed by atoms with Crippen LogP contribution in [0.1, 0.15) is 27.2 Å². The molecule has 1 heterocycles. The smallest absolute Gasteiger partial charge is 0.337 e. The van der Waals surface area contributed by atoms with Crippen molar-refractivity contribution in [1.29, 1.82) is 0 Å². The highest BCUT2D eigenvalue weighted by molar-refractivity contribution is 7.98. The van der Waals surface area contributed by atoms with Gasteiger partial charge in [0, 0.05) is 16.7 Å². The standard InChI is InChI=1S/C22H19NO3S/c1-27-20-11-12-21(26-15-16-5-3-2-4-6-16)17(13-20)7-9-19-10-8-18(14-23-19)22(24)25/h2-14H,15H2,1H3,(H,24,25). The van der Waals surface area contributed by atoms with Gasteiger partial charge < -0.3 is 9.84 Å². The number of rotatable bonds is 7. The van der Waals surface area contributed by atoms with E-state index in [1.165, 1.54) is 6.20 Å². The Morgan fingerprint density at radius 3 is 2.59 bits per heavy atom. The average molecular weight is 377 g/mol. The van der Waals surface area contributed by atoms with Crippen LogP contribution in [0, 0.1) is 0 Å². The van der Waals surface area contributed by atoms with Gasteiger partial charge in [-0.2, -0.15) is 0 Å². The molecule has 0 saturated carbocycles. The third-order valence-electron chi connectivity index (χ3n) is 3.92. The molecule has 0 radical (unpaired) electrons. The zero-order valence-electron chi connectivity index (χ0n) is 14.8. The fourth-order valence-electron chi connectivity index (χ4n) is 2.46. The number of hydrogen-bond acceptors (Lipinski definition) is 4. The van der Waals surface area contributed by atoms with Crippen molar-refractivity contribution in [2.24, 2.45) is 0 Å². The maximum Gasteiger partial charge on any atom is 0.337 e. The van der Waals surface area contributed by atoms with Crippen molar-refractivity contribution in [2.75, 3.05) is 6.26 Å². The molecule has 0 spiro atoms. The van der Waals surface area contributed by atoms with Crippen LogP contribution in [0.25, 0.3) is 12.2 Å².